The first-order valence-corrected chi connectivity index (χ1v) is 5.17. The molecule has 1 aromatic heterocycles. The van der Waals surface area contributed by atoms with E-state index in [2.05, 4.69) is 17.2 Å². The van der Waals surface area contributed by atoms with Crippen molar-refractivity contribution in [3.63, 3.8) is 0 Å². The normalized spacial score (nSPS) is 10.1. The van der Waals surface area contributed by atoms with E-state index in [-0.39, 0.29) is 0 Å². The Morgan fingerprint density at radius 3 is 3.07 bits per heavy atom. The third-order valence-electron chi connectivity index (χ3n) is 1.89. The summed E-state index contributed by atoms with van der Waals surface area (Å²) in [6, 6.07) is 3.79. The molecule has 0 bridgehead atoms. The first-order chi connectivity index (χ1) is 6.93. The van der Waals surface area contributed by atoms with Crippen molar-refractivity contribution in [2.24, 2.45) is 0 Å². The molecular formula is C11H18N2O. The first-order valence-electron chi connectivity index (χ1n) is 5.17. The van der Waals surface area contributed by atoms with Crippen molar-refractivity contribution >= 4 is 0 Å². The van der Waals surface area contributed by atoms with Crippen molar-refractivity contribution in [1.82, 2.24) is 10.3 Å². The Morgan fingerprint density at radius 1 is 1.43 bits per heavy atom. The van der Waals surface area contributed by atoms with Crippen LogP contribution in [0.3, 0.4) is 0 Å². The zero-order chi connectivity index (χ0) is 10.1. The van der Waals surface area contributed by atoms with Crippen molar-refractivity contribution < 1.29 is 4.74 Å². The highest BCUT2D eigenvalue weighted by atomic mass is 16.5. The van der Waals surface area contributed by atoms with Crippen LogP contribution >= 0.6 is 0 Å². The van der Waals surface area contributed by atoms with Crippen molar-refractivity contribution in [3.05, 3.63) is 24.5 Å². The number of pyridine rings is 1. The molecule has 3 heteroatoms. The maximum Gasteiger partial charge on any atom is 0.137 e. The van der Waals surface area contributed by atoms with E-state index in [1.807, 2.05) is 12.1 Å². The summed E-state index contributed by atoms with van der Waals surface area (Å²) in [5, 5.41) is 3.31. The summed E-state index contributed by atoms with van der Waals surface area (Å²) in [7, 11) is 0. The SMILES string of the molecule is CCCCNCCOc1cccnc1. The molecule has 0 aliphatic heterocycles. The molecule has 0 radical (unpaired) electrons. The van der Waals surface area contributed by atoms with Crippen molar-refractivity contribution in [3.8, 4) is 5.75 Å². The van der Waals surface area contributed by atoms with E-state index in [0.29, 0.717) is 6.61 Å². The second kappa shape index (κ2) is 7.33. The van der Waals surface area contributed by atoms with Gasteiger partial charge in [0.2, 0.25) is 0 Å². The summed E-state index contributed by atoms with van der Waals surface area (Å²) in [5.41, 5.74) is 0. The second-order valence-electron chi connectivity index (χ2n) is 3.14. The van der Waals surface area contributed by atoms with Gasteiger partial charge in [0.25, 0.3) is 0 Å². The Labute approximate surface area is 85.5 Å². The predicted octanol–water partition coefficient (Wildman–Crippen LogP) is 1.85. The maximum atomic E-state index is 5.46. The van der Waals surface area contributed by atoms with E-state index in [4.69, 9.17) is 4.74 Å². The molecule has 78 valence electrons. The molecule has 0 aliphatic rings. The van der Waals surface area contributed by atoms with Gasteiger partial charge in [0.15, 0.2) is 0 Å². The van der Waals surface area contributed by atoms with Gasteiger partial charge in [-0.3, -0.25) is 4.98 Å². The summed E-state index contributed by atoms with van der Waals surface area (Å²) in [6.45, 7) is 4.87. The van der Waals surface area contributed by atoms with Crippen LogP contribution in [-0.2, 0) is 0 Å². The third kappa shape index (κ3) is 4.82. The smallest absolute Gasteiger partial charge is 0.137 e. The topological polar surface area (TPSA) is 34.1 Å². The predicted molar refractivity (Wildman–Crippen MR) is 57.5 cm³/mol. The molecule has 3 nitrogen and oxygen atoms in total. The molecule has 0 spiro atoms. The van der Waals surface area contributed by atoms with Gasteiger partial charge in [0.05, 0.1) is 6.20 Å². The fraction of sp³-hybridized carbons (Fsp3) is 0.545. The molecule has 1 aromatic rings. The Morgan fingerprint density at radius 2 is 2.36 bits per heavy atom. The Hall–Kier alpha value is -1.09. The number of hydrogen-bond acceptors (Lipinski definition) is 3. The molecule has 0 atom stereocenters. The van der Waals surface area contributed by atoms with Gasteiger partial charge in [-0.05, 0) is 25.1 Å². The Kier molecular flexibility index (Phi) is 5.75. The average Bonchev–Trinajstić information content (AvgIpc) is 2.25. The number of ether oxygens (including phenoxy) is 1. The van der Waals surface area contributed by atoms with E-state index >= 15 is 0 Å². The molecule has 14 heavy (non-hydrogen) atoms. The van der Waals surface area contributed by atoms with Crippen LogP contribution in [0.5, 0.6) is 5.75 Å². The summed E-state index contributed by atoms with van der Waals surface area (Å²) >= 11 is 0. The van der Waals surface area contributed by atoms with Crippen molar-refractivity contribution in [2.45, 2.75) is 19.8 Å². The van der Waals surface area contributed by atoms with Gasteiger partial charge in [-0.25, -0.2) is 0 Å². The van der Waals surface area contributed by atoms with Gasteiger partial charge in [-0.2, -0.15) is 0 Å². The minimum absolute atomic E-state index is 0.704. The highest BCUT2D eigenvalue weighted by Crippen LogP contribution is 2.04. The Bertz CT molecular complexity index is 226. The summed E-state index contributed by atoms with van der Waals surface area (Å²) in [4.78, 5) is 3.97. The summed E-state index contributed by atoms with van der Waals surface area (Å²) in [5.74, 6) is 0.838. The second-order valence-corrected chi connectivity index (χ2v) is 3.14. The van der Waals surface area contributed by atoms with Crippen LogP contribution in [-0.4, -0.2) is 24.7 Å². The molecule has 0 aliphatic carbocycles. The summed E-state index contributed by atoms with van der Waals surface area (Å²) in [6.07, 6.45) is 5.93. The third-order valence-corrected chi connectivity index (χ3v) is 1.89. The monoisotopic (exact) mass is 194 g/mol. The van der Waals surface area contributed by atoms with Crippen LogP contribution in [0.25, 0.3) is 0 Å². The van der Waals surface area contributed by atoms with Gasteiger partial charge >= 0.3 is 0 Å². The van der Waals surface area contributed by atoms with Crippen molar-refractivity contribution in [1.29, 1.82) is 0 Å². The number of rotatable bonds is 7. The molecule has 0 unspecified atom stereocenters. The van der Waals surface area contributed by atoms with E-state index in [1.54, 1.807) is 12.4 Å². The van der Waals surface area contributed by atoms with Crippen LogP contribution in [0.2, 0.25) is 0 Å². The van der Waals surface area contributed by atoms with E-state index in [1.165, 1.54) is 12.8 Å². The van der Waals surface area contributed by atoms with Crippen LogP contribution < -0.4 is 10.1 Å². The number of aromatic nitrogens is 1. The van der Waals surface area contributed by atoms with Gasteiger partial charge < -0.3 is 10.1 Å². The zero-order valence-corrected chi connectivity index (χ0v) is 8.70. The quantitative estimate of drug-likeness (QED) is 0.673. The van der Waals surface area contributed by atoms with Gasteiger partial charge in [-0.1, -0.05) is 13.3 Å². The van der Waals surface area contributed by atoms with E-state index < -0.39 is 0 Å². The van der Waals surface area contributed by atoms with E-state index in [0.717, 1.165) is 18.8 Å². The van der Waals surface area contributed by atoms with Gasteiger partial charge in [0.1, 0.15) is 12.4 Å². The average molecular weight is 194 g/mol. The Balaban J connectivity index is 1.99. The lowest BCUT2D eigenvalue weighted by molar-refractivity contribution is 0.312. The standard InChI is InChI=1S/C11H18N2O/c1-2-3-6-12-8-9-14-11-5-4-7-13-10-11/h4-5,7,10,12H,2-3,6,8-9H2,1H3. The largest absolute Gasteiger partial charge is 0.491 e. The van der Waals surface area contributed by atoms with Crippen molar-refractivity contribution in [2.75, 3.05) is 19.7 Å². The highest BCUT2D eigenvalue weighted by Gasteiger charge is 1.91. The van der Waals surface area contributed by atoms with Crippen LogP contribution in [0.1, 0.15) is 19.8 Å². The van der Waals surface area contributed by atoms with Gasteiger partial charge in [-0.15, -0.1) is 0 Å². The molecule has 0 saturated heterocycles. The van der Waals surface area contributed by atoms with Crippen LogP contribution in [0.15, 0.2) is 24.5 Å². The highest BCUT2D eigenvalue weighted by molar-refractivity contribution is 5.15. The van der Waals surface area contributed by atoms with Gasteiger partial charge in [0, 0.05) is 12.7 Å². The molecule has 0 amide bonds. The number of nitrogens with zero attached hydrogens (tertiary/aromatic N) is 1. The number of hydrogen-bond donors (Lipinski definition) is 1. The molecule has 0 aromatic carbocycles. The molecule has 0 saturated carbocycles. The molecule has 0 fully saturated rings. The lowest BCUT2D eigenvalue weighted by Crippen LogP contribution is -2.21. The number of unbranched alkanes of at least 4 members (excludes halogenated alkanes) is 1. The molecular weight excluding hydrogens is 176 g/mol. The molecule has 1 heterocycles. The zero-order valence-electron chi connectivity index (χ0n) is 8.70. The lowest BCUT2D eigenvalue weighted by atomic mass is 10.3. The summed E-state index contributed by atoms with van der Waals surface area (Å²) < 4.78 is 5.46. The lowest BCUT2D eigenvalue weighted by Gasteiger charge is -2.06. The van der Waals surface area contributed by atoms with E-state index in [9.17, 15) is 0 Å². The first kappa shape index (κ1) is 11.0. The minimum Gasteiger partial charge on any atom is -0.491 e. The van der Waals surface area contributed by atoms with Crippen LogP contribution in [0, 0.1) is 0 Å². The molecule has 1 N–H and O–H groups in total. The fourth-order valence-corrected chi connectivity index (χ4v) is 1.10. The molecule has 1 rings (SSSR count). The maximum absolute atomic E-state index is 5.46. The minimum atomic E-state index is 0.704. The van der Waals surface area contributed by atoms with Crippen LogP contribution in [0.4, 0.5) is 0 Å². The fourth-order valence-electron chi connectivity index (χ4n) is 1.10. The number of nitrogens with one attached hydrogen (secondary N) is 1.